The van der Waals surface area contributed by atoms with E-state index in [1.165, 1.54) is 0 Å². The van der Waals surface area contributed by atoms with Crippen molar-refractivity contribution in [2.75, 3.05) is 6.61 Å². The third-order valence-electron chi connectivity index (χ3n) is 3.31. The zero-order valence-electron chi connectivity index (χ0n) is 11.5. The van der Waals surface area contributed by atoms with E-state index in [4.69, 9.17) is 21.1 Å². The molecule has 2 heterocycles. The summed E-state index contributed by atoms with van der Waals surface area (Å²) in [7, 11) is 0. The maximum Gasteiger partial charge on any atom is 0.226 e. The molecule has 0 aliphatic carbocycles. The number of ether oxygens (including phenoxy) is 2. The Morgan fingerprint density at radius 3 is 2.55 bits per heavy atom. The third kappa shape index (κ3) is 2.22. The van der Waals surface area contributed by atoms with Gasteiger partial charge >= 0.3 is 0 Å². The molecule has 0 spiro atoms. The Bertz CT molecular complexity index is 615. The van der Waals surface area contributed by atoms with Crippen LogP contribution in [0.4, 0.5) is 0 Å². The van der Waals surface area contributed by atoms with E-state index in [9.17, 15) is 0 Å². The molecule has 1 saturated heterocycles. The zero-order chi connectivity index (χ0) is 14.2. The maximum atomic E-state index is 6.36. The second-order valence-electron chi connectivity index (χ2n) is 5.49. The monoisotopic (exact) mass is 289 g/mol. The Morgan fingerprint density at radius 1 is 1.15 bits per heavy atom. The SMILES string of the molecule is CC1(C)COC(c2cccnc2)(c2ccccc2Cl)O1. The van der Waals surface area contributed by atoms with Crippen LogP contribution in [0.2, 0.25) is 5.02 Å². The molecule has 1 aliphatic rings. The van der Waals surface area contributed by atoms with Gasteiger partial charge in [0.1, 0.15) is 0 Å². The molecule has 1 unspecified atom stereocenters. The summed E-state index contributed by atoms with van der Waals surface area (Å²) in [6.45, 7) is 4.50. The van der Waals surface area contributed by atoms with Gasteiger partial charge in [-0.25, -0.2) is 0 Å². The molecule has 20 heavy (non-hydrogen) atoms. The Kier molecular flexibility index (Phi) is 3.28. The summed E-state index contributed by atoms with van der Waals surface area (Å²) in [5.74, 6) is -0.990. The van der Waals surface area contributed by atoms with Crippen LogP contribution in [0.1, 0.15) is 25.0 Å². The zero-order valence-corrected chi connectivity index (χ0v) is 12.2. The first-order valence-electron chi connectivity index (χ1n) is 6.53. The topological polar surface area (TPSA) is 31.4 Å². The van der Waals surface area contributed by atoms with E-state index in [0.717, 1.165) is 11.1 Å². The van der Waals surface area contributed by atoms with Crippen LogP contribution < -0.4 is 0 Å². The highest BCUT2D eigenvalue weighted by molar-refractivity contribution is 6.31. The molecule has 1 atom stereocenters. The number of benzene rings is 1. The smallest absolute Gasteiger partial charge is 0.226 e. The predicted molar refractivity (Wildman–Crippen MR) is 77.6 cm³/mol. The summed E-state index contributed by atoms with van der Waals surface area (Å²) < 4.78 is 12.3. The van der Waals surface area contributed by atoms with Crippen molar-refractivity contribution in [3.8, 4) is 0 Å². The predicted octanol–water partition coefficient (Wildman–Crippen LogP) is 3.76. The molecular weight excluding hydrogens is 274 g/mol. The normalized spacial score (nSPS) is 24.8. The number of aromatic nitrogens is 1. The fraction of sp³-hybridized carbons (Fsp3) is 0.312. The average molecular weight is 290 g/mol. The molecular formula is C16H16ClNO2. The van der Waals surface area contributed by atoms with E-state index >= 15 is 0 Å². The van der Waals surface area contributed by atoms with Gasteiger partial charge in [0, 0.05) is 28.5 Å². The fourth-order valence-corrected chi connectivity index (χ4v) is 2.70. The van der Waals surface area contributed by atoms with Gasteiger partial charge in [-0.15, -0.1) is 0 Å². The molecule has 0 amide bonds. The van der Waals surface area contributed by atoms with Crippen molar-refractivity contribution in [2.45, 2.75) is 25.2 Å². The molecule has 4 heteroatoms. The van der Waals surface area contributed by atoms with Gasteiger partial charge in [0.2, 0.25) is 5.79 Å². The second-order valence-corrected chi connectivity index (χ2v) is 5.90. The number of rotatable bonds is 2. The lowest BCUT2D eigenvalue weighted by Crippen LogP contribution is -2.32. The maximum absolute atomic E-state index is 6.36. The van der Waals surface area contributed by atoms with Crippen molar-refractivity contribution in [3.05, 3.63) is 64.9 Å². The lowest BCUT2D eigenvalue weighted by atomic mass is 9.98. The largest absolute Gasteiger partial charge is 0.339 e. The highest BCUT2D eigenvalue weighted by atomic mass is 35.5. The molecule has 3 nitrogen and oxygen atoms in total. The van der Waals surface area contributed by atoms with E-state index in [0.29, 0.717) is 11.6 Å². The van der Waals surface area contributed by atoms with Gasteiger partial charge in [-0.1, -0.05) is 35.9 Å². The van der Waals surface area contributed by atoms with Crippen LogP contribution in [0.5, 0.6) is 0 Å². The van der Waals surface area contributed by atoms with Gasteiger partial charge < -0.3 is 9.47 Å². The lowest BCUT2D eigenvalue weighted by molar-refractivity contribution is -0.158. The van der Waals surface area contributed by atoms with Crippen molar-refractivity contribution in [2.24, 2.45) is 0 Å². The highest BCUT2D eigenvalue weighted by Gasteiger charge is 2.49. The molecule has 1 aliphatic heterocycles. The summed E-state index contributed by atoms with van der Waals surface area (Å²) in [5, 5.41) is 0.619. The lowest BCUT2D eigenvalue weighted by Gasteiger charge is -2.31. The number of hydrogen-bond acceptors (Lipinski definition) is 3. The van der Waals surface area contributed by atoms with Gasteiger partial charge in [0.15, 0.2) is 0 Å². The van der Waals surface area contributed by atoms with Crippen LogP contribution >= 0.6 is 11.6 Å². The van der Waals surface area contributed by atoms with Crippen molar-refractivity contribution in [1.29, 1.82) is 0 Å². The van der Waals surface area contributed by atoms with Crippen molar-refractivity contribution in [1.82, 2.24) is 4.98 Å². The molecule has 1 aromatic heterocycles. The van der Waals surface area contributed by atoms with E-state index in [-0.39, 0.29) is 5.60 Å². The van der Waals surface area contributed by atoms with Crippen molar-refractivity contribution < 1.29 is 9.47 Å². The summed E-state index contributed by atoms with van der Waals surface area (Å²) in [5.41, 5.74) is 1.27. The number of hydrogen-bond donors (Lipinski definition) is 0. The number of nitrogens with zero attached hydrogens (tertiary/aromatic N) is 1. The molecule has 0 radical (unpaired) electrons. The van der Waals surface area contributed by atoms with E-state index in [2.05, 4.69) is 4.98 Å². The highest BCUT2D eigenvalue weighted by Crippen LogP contribution is 2.45. The minimum Gasteiger partial charge on any atom is -0.339 e. The van der Waals surface area contributed by atoms with Gasteiger partial charge in [-0.2, -0.15) is 0 Å². The molecule has 104 valence electrons. The second kappa shape index (κ2) is 4.85. The standard InChI is InChI=1S/C16H16ClNO2/c1-15(2)11-19-16(20-15,12-6-5-9-18-10-12)13-7-3-4-8-14(13)17/h3-10H,11H2,1-2H3. The molecule has 1 fully saturated rings. The van der Waals surface area contributed by atoms with Crippen LogP contribution in [0.3, 0.4) is 0 Å². The van der Waals surface area contributed by atoms with E-state index in [1.807, 2.05) is 50.2 Å². The molecule has 1 aromatic carbocycles. The molecule has 0 bridgehead atoms. The Balaban J connectivity index is 2.18. The summed E-state index contributed by atoms with van der Waals surface area (Å²) in [6, 6.07) is 11.4. The Hall–Kier alpha value is -1.42. The van der Waals surface area contributed by atoms with E-state index in [1.54, 1.807) is 12.4 Å². The summed E-state index contributed by atoms with van der Waals surface area (Å²) in [6.07, 6.45) is 3.48. The van der Waals surface area contributed by atoms with Gasteiger partial charge in [0.25, 0.3) is 0 Å². The van der Waals surface area contributed by atoms with Gasteiger partial charge in [-0.05, 0) is 26.0 Å². The molecule has 3 rings (SSSR count). The summed E-state index contributed by atoms with van der Waals surface area (Å²) >= 11 is 6.36. The first-order valence-corrected chi connectivity index (χ1v) is 6.91. The van der Waals surface area contributed by atoms with Crippen LogP contribution in [-0.2, 0) is 15.3 Å². The van der Waals surface area contributed by atoms with Gasteiger partial charge in [0.05, 0.1) is 12.2 Å². The minimum absolute atomic E-state index is 0.380. The Morgan fingerprint density at radius 2 is 1.95 bits per heavy atom. The quantitative estimate of drug-likeness (QED) is 0.843. The van der Waals surface area contributed by atoms with Crippen LogP contribution in [0.15, 0.2) is 48.8 Å². The fourth-order valence-electron chi connectivity index (χ4n) is 2.44. The summed E-state index contributed by atoms with van der Waals surface area (Å²) in [4.78, 5) is 4.17. The van der Waals surface area contributed by atoms with Crippen LogP contribution in [0, 0.1) is 0 Å². The Labute approximate surface area is 123 Å². The third-order valence-corrected chi connectivity index (χ3v) is 3.64. The first-order chi connectivity index (χ1) is 9.54. The first kappa shape index (κ1) is 13.6. The van der Waals surface area contributed by atoms with Crippen molar-refractivity contribution in [3.63, 3.8) is 0 Å². The average Bonchev–Trinajstić information content (AvgIpc) is 2.78. The number of pyridine rings is 1. The molecule has 0 saturated carbocycles. The molecule has 0 N–H and O–H groups in total. The van der Waals surface area contributed by atoms with Crippen molar-refractivity contribution >= 4 is 11.6 Å². The number of halogens is 1. The van der Waals surface area contributed by atoms with Crippen LogP contribution in [-0.4, -0.2) is 17.2 Å². The van der Waals surface area contributed by atoms with Crippen LogP contribution in [0.25, 0.3) is 0 Å². The minimum atomic E-state index is -0.990. The molecule has 2 aromatic rings. The van der Waals surface area contributed by atoms with E-state index < -0.39 is 5.79 Å². The van der Waals surface area contributed by atoms with Gasteiger partial charge in [-0.3, -0.25) is 4.98 Å².